The summed E-state index contributed by atoms with van der Waals surface area (Å²) in [6.07, 6.45) is 10.0. The molecule has 0 spiro atoms. The molecule has 4 rings (SSSR count). The van der Waals surface area contributed by atoms with Crippen molar-refractivity contribution >= 4 is 31.6 Å². The summed E-state index contributed by atoms with van der Waals surface area (Å²) in [5, 5.41) is 3.45. The third kappa shape index (κ3) is 4.26. The standard InChI is InChI=1S/C22H28S2Si.2ClH.Zr/c1-13(2)17-11-19-15(7-9-23-19)21(17)25(5,6)22-16-8-10-24-20(16)12-18(22)14(3)4;;;/h7-8,11-14H,9-10H2,1-6H3;2*1H;/q;;;+2/p-2. The normalized spacial score (nSPS) is 20.3. The summed E-state index contributed by atoms with van der Waals surface area (Å²) in [7, 11) is -1.77. The summed E-state index contributed by atoms with van der Waals surface area (Å²) in [4.78, 5) is 3.07. The van der Waals surface area contributed by atoms with Gasteiger partial charge in [-0.05, 0) is 56.7 Å². The topological polar surface area (TPSA) is 0 Å². The second-order valence-electron chi connectivity index (χ2n) is 8.47. The molecule has 0 fully saturated rings. The Hall–Kier alpha value is 0.820. The molecule has 0 unspecified atom stereocenters. The Morgan fingerprint density at radius 1 is 0.750 bits per heavy atom. The molecule has 0 N–H and O–H groups in total. The Morgan fingerprint density at radius 3 is 1.43 bits per heavy atom. The minimum Gasteiger partial charge on any atom is -1.00 e. The number of rotatable bonds is 4. The van der Waals surface area contributed by atoms with E-state index in [4.69, 9.17) is 0 Å². The largest absolute Gasteiger partial charge is 2.00 e. The van der Waals surface area contributed by atoms with Gasteiger partial charge in [0.2, 0.25) is 0 Å². The maximum absolute atomic E-state index is 2.60. The average molecular weight is 547 g/mol. The summed E-state index contributed by atoms with van der Waals surface area (Å²) in [5.41, 5.74) is 6.39. The van der Waals surface area contributed by atoms with Crippen molar-refractivity contribution < 1.29 is 51.0 Å². The van der Waals surface area contributed by atoms with Crippen LogP contribution in [0.3, 0.4) is 0 Å². The van der Waals surface area contributed by atoms with Crippen molar-refractivity contribution in [1.29, 1.82) is 0 Å². The first kappa shape index (κ1) is 26.9. The number of thioether (sulfide) groups is 2. The van der Waals surface area contributed by atoms with Gasteiger partial charge in [-0.1, -0.05) is 52.9 Å². The van der Waals surface area contributed by atoms with E-state index in [1.807, 2.05) is 23.5 Å². The minimum absolute atomic E-state index is 0. The average Bonchev–Trinajstić information content (AvgIpc) is 3.24. The number of hydrogen-bond donors (Lipinski definition) is 0. The van der Waals surface area contributed by atoms with Gasteiger partial charge in [0.05, 0.1) is 0 Å². The molecular weight excluding hydrogens is 519 g/mol. The van der Waals surface area contributed by atoms with E-state index < -0.39 is 8.07 Å². The van der Waals surface area contributed by atoms with Gasteiger partial charge in [0.25, 0.3) is 0 Å². The summed E-state index contributed by atoms with van der Waals surface area (Å²) >= 11 is 4.05. The Balaban J connectivity index is 0.00000131. The van der Waals surface area contributed by atoms with Gasteiger partial charge in [-0.2, -0.15) is 0 Å². The molecule has 0 aromatic heterocycles. The van der Waals surface area contributed by atoms with Crippen molar-refractivity contribution in [3.8, 4) is 0 Å². The minimum atomic E-state index is -1.77. The SMILES string of the molecule is CC(C)C1=C([Si](C)(C)C2=C(C(C)C)C=C3SCC=C32)C2=CCSC2=C1.[Cl-].[Cl-].[Zr+2]. The predicted octanol–water partition coefficient (Wildman–Crippen LogP) is 0.825. The summed E-state index contributed by atoms with van der Waals surface area (Å²) in [6, 6.07) is 0. The van der Waals surface area contributed by atoms with Crippen LogP contribution in [-0.4, -0.2) is 19.6 Å². The molecule has 0 atom stereocenters. The van der Waals surface area contributed by atoms with Crippen LogP contribution in [0.1, 0.15) is 27.7 Å². The van der Waals surface area contributed by atoms with Gasteiger partial charge < -0.3 is 24.8 Å². The Labute approximate surface area is 211 Å². The first-order valence-corrected chi connectivity index (χ1v) is 14.4. The van der Waals surface area contributed by atoms with Gasteiger partial charge in [-0.15, -0.1) is 23.5 Å². The van der Waals surface area contributed by atoms with Crippen LogP contribution in [0.4, 0.5) is 0 Å². The second-order valence-corrected chi connectivity index (χ2v) is 14.8. The van der Waals surface area contributed by atoms with Gasteiger partial charge in [-0.3, -0.25) is 0 Å². The van der Waals surface area contributed by atoms with Gasteiger partial charge in [-0.25, -0.2) is 0 Å². The fourth-order valence-corrected chi connectivity index (χ4v) is 11.0. The molecule has 2 aliphatic carbocycles. The van der Waals surface area contributed by atoms with Crippen molar-refractivity contribution in [1.82, 2.24) is 0 Å². The van der Waals surface area contributed by atoms with E-state index in [-0.39, 0.29) is 51.0 Å². The Bertz CT molecular complexity index is 775. The zero-order valence-electron chi connectivity index (χ0n) is 17.5. The number of hydrogen-bond acceptors (Lipinski definition) is 2. The van der Waals surface area contributed by atoms with Crippen molar-refractivity contribution in [3.05, 3.63) is 66.8 Å². The van der Waals surface area contributed by atoms with E-state index >= 15 is 0 Å². The monoisotopic (exact) mass is 544 g/mol. The molecule has 150 valence electrons. The smallest absolute Gasteiger partial charge is 1.00 e. The molecule has 0 aromatic rings. The predicted molar refractivity (Wildman–Crippen MR) is 118 cm³/mol. The molecular formula is C22H28Cl2S2SiZr. The molecule has 0 radical (unpaired) electrons. The van der Waals surface area contributed by atoms with Crippen LogP contribution in [0.5, 0.6) is 0 Å². The Kier molecular flexibility index (Phi) is 9.55. The Morgan fingerprint density at radius 2 is 1.11 bits per heavy atom. The fourth-order valence-electron chi connectivity index (χ4n) is 4.64. The van der Waals surface area contributed by atoms with Crippen molar-refractivity contribution in [2.75, 3.05) is 11.5 Å². The third-order valence-corrected chi connectivity index (χ3v) is 11.3. The van der Waals surface area contributed by atoms with Crippen LogP contribution in [0.2, 0.25) is 13.1 Å². The zero-order valence-corrected chi connectivity index (χ0v) is 24.1. The van der Waals surface area contributed by atoms with Gasteiger partial charge in [0.15, 0.2) is 0 Å². The van der Waals surface area contributed by atoms with Crippen LogP contribution in [0, 0.1) is 11.8 Å². The molecule has 28 heavy (non-hydrogen) atoms. The molecule has 0 bridgehead atoms. The summed E-state index contributed by atoms with van der Waals surface area (Å²) in [6.45, 7) is 14.7. The van der Waals surface area contributed by atoms with Gasteiger partial charge >= 0.3 is 26.2 Å². The first-order valence-electron chi connectivity index (χ1n) is 9.42. The third-order valence-electron chi connectivity index (χ3n) is 5.77. The summed E-state index contributed by atoms with van der Waals surface area (Å²) < 4.78 is 0. The number of halogens is 2. The fraction of sp³-hybridized carbons (Fsp3) is 0.455. The molecule has 0 saturated heterocycles. The molecule has 4 aliphatic rings. The zero-order chi connectivity index (χ0) is 17.9. The quantitative estimate of drug-likeness (QED) is 0.479. The summed E-state index contributed by atoms with van der Waals surface area (Å²) in [5.74, 6) is 3.51. The molecule has 6 heteroatoms. The van der Waals surface area contributed by atoms with Crippen LogP contribution in [0.15, 0.2) is 66.8 Å². The van der Waals surface area contributed by atoms with Crippen LogP contribution in [-0.2, 0) is 26.2 Å². The van der Waals surface area contributed by atoms with Crippen LogP contribution >= 0.6 is 23.5 Å². The van der Waals surface area contributed by atoms with E-state index in [0.29, 0.717) is 11.8 Å². The van der Waals surface area contributed by atoms with Crippen molar-refractivity contribution in [2.24, 2.45) is 11.8 Å². The van der Waals surface area contributed by atoms with E-state index in [2.05, 4.69) is 65.1 Å². The van der Waals surface area contributed by atoms with E-state index in [9.17, 15) is 0 Å². The van der Waals surface area contributed by atoms with Gasteiger partial charge in [0, 0.05) is 21.3 Å². The molecule has 0 aromatic carbocycles. The van der Waals surface area contributed by atoms with Crippen molar-refractivity contribution in [3.63, 3.8) is 0 Å². The second kappa shape index (κ2) is 9.96. The maximum atomic E-state index is 2.60. The van der Waals surface area contributed by atoms with E-state index in [1.54, 1.807) is 32.7 Å². The molecule has 0 amide bonds. The van der Waals surface area contributed by atoms with Crippen molar-refractivity contribution in [2.45, 2.75) is 40.8 Å². The molecule has 0 saturated carbocycles. The molecule has 2 heterocycles. The van der Waals surface area contributed by atoms with E-state index in [0.717, 1.165) is 11.5 Å². The van der Waals surface area contributed by atoms with Crippen LogP contribution < -0.4 is 24.8 Å². The van der Waals surface area contributed by atoms with E-state index in [1.165, 1.54) is 9.81 Å². The number of allylic oxidation sites excluding steroid dienone is 8. The van der Waals surface area contributed by atoms with Gasteiger partial charge in [0.1, 0.15) is 8.07 Å². The molecule has 0 nitrogen and oxygen atoms in total. The van der Waals surface area contributed by atoms with Crippen LogP contribution in [0.25, 0.3) is 0 Å². The first-order chi connectivity index (χ1) is 11.8. The number of fused-ring (bicyclic) bond motifs is 2. The maximum Gasteiger partial charge on any atom is 2.00 e. The molecule has 2 aliphatic heterocycles.